The van der Waals surface area contributed by atoms with E-state index in [-0.39, 0.29) is 25.8 Å². The Morgan fingerprint density at radius 2 is 1.18 bits per heavy atom. The number of pyridine rings is 3. The third kappa shape index (κ3) is 6.51. The first kappa shape index (κ1) is 24.6. The van der Waals surface area contributed by atoms with Crippen molar-refractivity contribution in [2.75, 3.05) is 0 Å². The molecule has 34 heavy (non-hydrogen) atoms. The van der Waals surface area contributed by atoms with E-state index in [1.807, 2.05) is 72.8 Å². The van der Waals surface area contributed by atoms with E-state index in [9.17, 15) is 4.79 Å². The van der Waals surface area contributed by atoms with E-state index in [1.165, 1.54) is 6.07 Å². The zero-order chi connectivity index (χ0) is 22.9. The Morgan fingerprint density at radius 1 is 0.618 bits per heavy atom. The smallest absolute Gasteiger partial charge is 0.354 e. The minimum absolute atomic E-state index is 0. The average molecular weight is 622 g/mol. The molecule has 3 heterocycles. The van der Waals surface area contributed by atoms with E-state index < -0.39 is 5.97 Å². The Balaban J connectivity index is 0.000000188. The molecule has 0 fully saturated rings. The Morgan fingerprint density at radius 3 is 1.71 bits per heavy atom. The van der Waals surface area contributed by atoms with Crippen LogP contribution in [0.2, 0.25) is 0 Å². The molecule has 6 heteroatoms. The van der Waals surface area contributed by atoms with Crippen LogP contribution in [0.15, 0.2) is 109 Å². The van der Waals surface area contributed by atoms with Crippen LogP contribution < -0.4 is 0 Å². The van der Waals surface area contributed by atoms with Crippen LogP contribution in [0.5, 0.6) is 0 Å². The molecule has 0 saturated carbocycles. The summed E-state index contributed by atoms with van der Waals surface area (Å²) in [6.45, 7) is 0. The van der Waals surface area contributed by atoms with E-state index >= 15 is 0 Å². The van der Waals surface area contributed by atoms with E-state index in [0.717, 1.165) is 22.5 Å². The van der Waals surface area contributed by atoms with Crippen molar-refractivity contribution in [1.82, 2.24) is 15.0 Å². The summed E-state index contributed by atoms with van der Waals surface area (Å²) in [6, 6.07) is 38.4. The van der Waals surface area contributed by atoms with Gasteiger partial charge in [-0.3, -0.25) is 4.98 Å². The molecule has 169 valence electrons. The van der Waals surface area contributed by atoms with Gasteiger partial charge in [-0.2, -0.15) is 0 Å². The van der Waals surface area contributed by atoms with Gasteiger partial charge in [-0.15, -0.1) is 71.8 Å². The molecule has 0 aliphatic carbocycles. The number of aromatic nitrogens is 3. The van der Waals surface area contributed by atoms with Crippen LogP contribution in [0.1, 0.15) is 10.5 Å². The Bertz CT molecular complexity index is 1280. The van der Waals surface area contributed by atoms with Gasteiger partial charge < -0.3 is 10.1 Å². The molecule has 3 aromatic heterocycles. The van der Waals surface area contributed by atoms with Crippen LogP contribution in [0.25, 0.3) is 33.9 Å². The summed E-state index contributed by atoms with van der Waals surface area (Å²) in [5, 5.41) is 8.77. The molecule has 0 bridgehead atoms. The molecule has 0 unspecified atom stereocenters. The summed E-state index contributed by atoms with van der Waals surface area (Å²) < 4.78 is 0. The van der Waals surface area contributed by atoms with Crippen LogP contribution in [0.3, 0.4) is 0 Å². The maximum Gasteiger partial charge on any atom is 0.354 e. The van der Waals surface area contributed by atoms with E-state index in [4.69, 9.17) is 5.11 Å². The van der Waals surface area contributed by atoms with Crippen LogP contribution >= 0.6 is 0 Å². The topological polar surface area (TPSA) is 76.0 Å². The molecule has 0 aliphatic heterocycles. The van der Waals surface area contributed by atoms with Gasteiger partial charge in [0, 0.05) is 26.3 Å². The molecular formula is C28H19IrN3O2-2. The van der Waals surface area contributed by atoms with Gasteiger partial charge in [0.2, 0.25) is 0 Å². The zero-order valence-corrected chi connectivity index (χ0v) is 20.3. The summed E-state index contributed by atoms with van der Waals surface area (Å²) in [6.07, 6.45) is 1.64. The van der Waals surface area contributed by atoms with Gasteiger partial charge in [0.1, 0.15) is 5.69 Å². The predicted octanol–water partition coefficient (Wildman–Crippen LogP) is 5.86. The second-order valence-corrected chi connectivity index (χ2v) is 6.89. The second-order valence-electron chi connectivity index (χ2n) is 6.89. The van der Waals surface area contributed by atoms with Crippen molar-refractivity contribution < 1.29 is 30.0 Å². The van der Waals surface area contributed by atoms with Gasteiger partial charge in [-0.25, -0.2) is 9.78 Å². The Hall–Kier alpha value is -3.99. The summed E-state index contributed by atoms with van der Waals surface area (Å²) in [7, 11) is 0. The first-order chi connectivity index (χ1) is 16.2. The Kier molecular flexibility index (Phi) is 8.92. The predicted molar refractivity (Wildman–Crippen MR) is 127 cm³/mol. The van der Waals surface area contributed by atoms with Crippen LogP contribution in [0, 0.1) is 12.1 Å². The number of carboxylic acids is 1. The van der Waals surface area contributed by atoms with Gasteiger partial charge in [-0.1, -0.05) is 30.3 Å². The fourth-order valence-corrected chi connectivity index (χ4v) is 3.05. The molecular weight excluding hydrogens is 603 g/mol. The molecule has 0 saturated heterocycles. The van der Waals surface area contributed by atoms with Crippen molar-refractivity contribution in [3.05, 3.63) is 127 Å². The minimum atomic E-state index is -1.03. The third-order valence-corrected chi connectivity index (χ3v) is 4.61. The first-order valence-electron chi connectivity index (χ1n) is 10.2. The minimum Gasteiger partial charge on any atom is -0.477 e. The summed E-state index contributed by atoms with van der Waals surface area (Å²) in [5.41, 5.74) is 5.15. The number of rotatable bonds is 4. The molecule has 0 aliphatic rings. The molecule has 1 radical (unpaired) electrons. The molecule has 1 N–H and O–H groups in total. The van der Waals surface area contributed by atoms with Crippen molar-refractivity contribution in [1.29, 1.82) is 0 Å². The summed E-state index contributed by atoms with van der Waals surface area (Å²) in [5.74, 6) is -1.03. The van der Waals surface area contributed by atoms with E-state index in [1.54, 1.807) is 30.5 Å². The van der Waals surface area contributed by atoms with Gasteiger partial charge in [-0.05, 0) is 35.7 Å². The van der Waals surface area contributed by atoms with Crippen molar-refractivity contribution in [2.24, 2.45) is 0 Å². The fourth-order valence-electron chi connectivity index (χ4n) is 3.05. The fraction of sp³-hybridized carbons (Fsp3) is 0. The number of aromatic carboxylic acids is 1. The van der Waals surface area contributed by atoms with E-state index in [2.05, 4.69) is 27.1 Å². The average Bonchev–Trinajstić information content (AvgIpc) is 2.91. The SMILES string of the molecule is O=C(O)c1cccc(-c2ccccn2)n1.[Ir].[c-]1ccccc1-c1cccc(-c2[c-]cccc2)n1. The molecule has 0 spiro atoms. The summed E-state index contributed by atoms with van der Waals surface area (Å²) in [4.78, 5) is 23.4. The van der Waals surface area contributed by atoms with Gasteiger partial charge in [0.05, 0.1) is 11.4 Å². The van der Waals surface area contributed by atoms with Gasteiger partial charge >= 0.3 is 5.97 Å². The normalized spacial score (nSPS) is 9.76. The first-order valence-corrected chi connectivity index (χ1v) is 10.2. The van der Waals surface area contributed by atoms with Gasteiger partial charge in [0.15, 0.2) is 0 Å². The number of carboxylic acid groups (broad SMARTS) is 1. The quantitative estimate of drug-likeness (QED) is 0.255. The van der Waals surface area contributed by atoms with E-state index in [0.29, 0.717) is 11.4 Å². The molecule has 0 atom stereocenters. The number of carbonyl (C=O) groups is 1. The monoisotopic (exact) mass is 622 g/mol. The largest absolute Gasteiger partial charge is 0.477 e. The number of nitrogens with zero attached hydrogens (tertiary/aromatic N) is 3. The van der Waals surface area contributed by atoms with Crippen molar-refractivity contribution in [3.8, 4) is 33.9 Å². The number of hydrogen-bond donors (Lipinski definition) is 1. The van der Waals surface area contributed by atoms with Crippen LogP contribution in [-0.4, -0.2) is 26.0 Å². The third-order valence-electron chi connectivity index (χ3n) is 4.61. The molecule has 2 aromatic carbocycles. The van der Waals surface area contributed by atoms with Gasteiger partial charge in [0.25, 0.3) is 0 Å². The zero-order valence-electron chi connectivity index (χ0n) is 17.9. The van der Waals surface area contributed by atoms with Crippen molar-refractivity contribution in [3.63, 3.8) is 0 Å². The molecule has 5 aromatic rings. The number of hydrogen-bond acceptors (Lipinski definition) is 4. The van der Waals surface area contributed by atoms with Crippen molar-refractivity contribution in [2.45, 2.75) is 0 Å². The Labute approximate surface area is 211 Å². The van der Waals surface area contributed by atoms with Crippen LogP contribution in [0.4, 0.5) is 0 Å². The summed E-state index contributed by atoms with van der Waals surface area (Å²) >= 11 is 0. The maximum atomic E-state index is 10.7. The second kappa shape index (κ2) is 12.3. The number of benzene rings is 2. The molecule has 5 nitrogen and oxygen atoms in total. The molecule has 0 amide bonds. The standard InChI is InChI=1S/C17H11N.C11H8N2O2.Ir/c1-3-8-14(9-4-1)16-12-7-13-17(18-16)15-10-5-2-6-11-15;14-11(15)10-6-3-5-9(13-10)8-4-1-2-7-12-8;/h1-8,10,12-13H;1-7H,(H,14,15);/q-2;;. The van der Waals surface area contributed by atoms with Crippen molar-refractivity contribution >= 4 is 5.97 Å². The van der Waals surface area contributed by atoms with Crippen LogP contribution in [-0.2, 0) is 20.1 Å². The molecule has 5 rings (SSSR count). The maximum absolute atomic E-state index is 10.7.